The Hall–Kier alpha value is -4.03. The summed E-state index contributed by atoms with van der Waals surface area (Å²) in [6.45, 7) is 1.83. The fourth-order valence-electron chi connectivity index (χ4n) is 2.60. The molecule has 0 saturated heterocycles. The highest BCUT2D eigenvalue weighted by Crippen LogP contribution is 2.32. The molecule has 2 aromatic rings. The highest BCUT2D eigenvalue weighted by atomic mass is 16.5. The molecule has 0 unspecified atom stereocenters. The van der Waals surface area contributed by atoms with E-state index in [1.54, 1.807) is 61.5 Å². The number of ether oxygens (including phenoxy) is 3. The summed E-state index contributed by atoms with van der Waals surface area (Å²) in [5, 5.41) is 18.5. The number of benzene rings is 2. The van der Waals surface area contributed by atoms with Gasteiger partial charge in [0.05, 0.1) is 32.5 Å². The molecular weight excluding hydrogens is 368 g/mol. The summed E-state index contributed by atoms with van der Waals surface area (Å²) in [6, 6.07) is 16.1. The Morgan fingerprint density at radius 2 is 1.72 bits per heavy atom. The maximum atomic E-state index is 12.3. The Kier molecular flexibility index (Phi) is 7.59. The van der Waals surface area contributed by atoms with Crippen LogP contribution in [-0.2, 0) is 9.53 Å². The summed E-state index contributed by atoms with van der Waals surface area (Å²) in [5.41, 5.74) is 2.21. The van der Waals surface area contributed by atoms with Crippen LogP contribution in [0.2, 0.25) is 0 Å². The van der Waals surface area contributed by atoms with Crippen LogP contribution in [0.3, 0.4) is 0 Å². The summed E-state index contributed by atoms with van der Waals surface area (Å²) >= 11 is 0. The van der Waals surface area contributed by atoms with Gasteiger partial charge in [0.15, 0.2) is 11.5 Å². The van der Waals surface area contributed by atoms with Crippen molar-refractivity contribution in [1.82, 2.24) is 0 Å². The zero-order valence-electron chi connectivity index (χ0n) is 16.4. The smallest absolute Gasteiger partial charge is 0.349 e. The van der Waals surface area contributed by atoms with Crippen molar-refractivity contribution < 1.29 is 19.0 Å². The van der Waals surface area contributed by atoms with E-state index in [0.717, 1.165) is 5.56 Å². The number of rotatable bonds is 7. The zero-order valence-corrected chi connectivity index (χ0v) is 16.4. The van der Waals surface area contributed by atoms with Crippen LogP contribution in [0.5, 0.6) is 11.5 Å². The number of carbonyl (C=O) groups is 1. The molecule has 0 fully saturated rings. The quantitative estimate of drug-likeness (QED) is 0.306. The third-order valence-corrected chi connectivity index (χ3v) is 4.04. The molecule has 2 aromatic carbocycles. The van der Waals surface area contributed by atoms with Crippen molar-refractivity contribution in [3.63, 3.8) is 0 Å². The normalized spacial score (nSPS) is 11.2. The standard InChI is InChI=1S/C23H20N2O4/c1-4-29-23(26)20(15-25)19(11-9-16-5-7-17(14-24)8-6-16)18-10-12-21(27-2)22(13-18)28-3/h5-13H,4H2,1-3H3/b11-9+,20-19-. The molecule has 0 heterocycles. The van der Waals surface area contributed by atoms with Crippen LogP contribution >= 0.6 is 0 Å². The van der Waals surface area contributed by atoms with Gasteiger partial charge in [-0.3, -0.25) is 0 Å². The van der Waals surface area contributed by atoms with Crippen molar-refractivity contribution in [2.24, 2.45) is 0 Å². The van der Waals surface area contributed by atoms with Crippen molar-refractivity contribution in [2.75, 3.05) is 20.8 Å². The molecule has 0 aliphatic rings. The van der Waals surface area contributed by atoms with E-state index in [1.807, 2.05) is 6.07 Å². The molecule has 0 aromatic heterocycles. The first-order valence-electron chi connectivity index (χ1n) is 8.80. The van der Waals surface area contributed by atoms with E-state index in [0.29, 0.717) is 28.2 Å². The molecule has 2 rings (SSSR count). The lowest BCUT2D eigenvalue weighted by Gasteiger charge is -2.12. The lowest BCUT2D eigenvalue weighted by molar-refractivity contribution is -0.137. The number of hydrogen-bond donors (Lipinski definition) is 0. The fraction of sp³-hybridized carbons (Fsp3) is 0.174. The van der Waals surface area contributed by atoms with E-state index in [-0.39, 0.29) is 12.2 Å². The topological polar surface area (TPSA) is 92.3 Å². The molecule has 29 heavy (non-hydrogen) atoms. The van der Waals surface area contributed by atoms with Gasteiger partial charge in [0.25, 0.3) is 0 Å². The average Bonchev–Trinajstić information content (AvgIpc) is 2.76. The van der Waals surface area contributed by atoms with Crippen LogP contribution in [0.25, 0.3) is 11.6 Å². The maximum Gasteiger partial charge on any atom is 0.349 e. The lowest BCUT2D eigenvalue weighted by atomic mass is 9.98. The minimum atomic E-state index is -0.704. The molecule has 146 valence electrons. The van der Waals surface area contributed by atoms with E-state index in [4.69, 9.17) is 19.5 Å². The highest BCUT2D eigenvalue weighted by Gasteiger charge is 2.18. The second-order valence-corrected chi connectivity index (χ2v) is 5.76. The van der Waals surface area contributed by atoms with E-state index >= 15 is 0 Å². The first-order valence-corrected chi connectivity index (χ1v) is 8.80. The van der Waals surface area contributed by atoms with Crippen LogP contribution in [0.1, 0.15) is 23.6 Å². The van der Waals surface area contributed by atoms with Gasteiger partial charge in [0.2, 0.25) is 0 Å². The fourth-order valence-corrected chi connectivity index (χ4v) is 2.60. The van der Waals surface area contributed by atoms with Gasteiger partial charge < -0.3 is 14.2 Å². The maximum absolute atomic E-state index is 12.3. The second kappa shape index (κ2) is 10.3. The van der Waals surface area contributed by atoms with Crippen molar-refractivity contribution in [3.8, 4) is 23.6 Å². The SMILES string of the molecule is CCOC(=O)/C(C#N)=C(/C=C/c1ccc(C#N)cc1)c1ccc(OC)c(OC)c1. The minimum absolute atomic E-state index is 0.121. The molecular formula is C23H20N2O4. The van der Waals surface area contributed by atoms with Crippen LogP contribution in [0, 0.1) is 22.7 Å². The first kappa shape index (κ1) is 21.3. The van der Waals surface area contributed by atoms with Gasteiger partial charge in [-0.2, -0.15) is 10.5 Å². The Morgan fingerprint density at radius 1 is 1.03 bits per heavy atom. The van der Waals surface area contributed by atoms with Crippen molar-refractivity contribution in [1.29, 1.82) is 10.5 Å². The monoisotopic (exact) mass is 388 g/mol. The number of nitriles is 2. The lowest BCUT2D eigenvalue weighted by Crippen LogP contribution is -2.08. The Morgan fingerprint density at radius 3 is 2.28 bits per heavy atom. The molecule has 6 nitrogen and oxygen atoms in total. The van der Waals surface area contributed by atoms with Crippen LogP contribution in [0.15, 0.2) is 54.1 Å². The van der Waals surface area contributed by atoms with Crippen LogP contribution < -0.4 is 9.47 Å². The molecule has 0 N–H and O–H groups in total. The number of allylic oxidation sites excluding steroid dienone is 2. The van der Waals surface area contributed by atoms with Gasteiger partial charge >= 0.3 is 5.97 Å². The third kappa shape index (κ3) is 5.24. The van der Waals surface area contributed by atoms with Gasteiger partial charge in [0.1, 0.15) is 11.6 Å². The number of hydrogen-bond acceptors (Lipinski definition) is 6. The van der Waals surface area contributed by atoms with Gasteiger partial charge in [-0.15, -0.1) is 0 Å². The van der Waals surface area contributed by atoms with E-state index in [1.165, 1.54) is 14.2 Å². The molecule has 0 spiro atoms. The van der Waals surface area contributed by atoms with Crippen LogP contribution in [0.4, 0.5) is 0 Å². The van der Waals surface area contributed by atoms with E-state index in [9.17, 15) is 10.1 Å². The summed E-state index contributed by atoms with van der Waals surface area (Å²) in [6.07, 6.45) is 3.42. The zero-order chi connectivity index (χ0) is 21.2. The number of esters is 1. The van der Waals surface area contributed by atoms with Gasteiger partial charge in [-0.05, 0) is 42.3 Å². The van der Waals surface area contributed by atoms with E-state index in [2.05, 4.69) is 6.07 Å². The summed E-state index contributed by atoms with van der Waals surface area (Å²) < 4.78 is 15.6. The van der Waals surface area contributed by atoms with Gasteiger partial charge in [-0.1, -0.05) is 30.4 Å². The highest BCUT2D eigenvalue weighted by molar-refractivity contribution is 6.04. The van der Waals surface area contributed by atoms with Crippen molar-refractivity contribution in [2.45, 2.75) is 6.92 Å². The molecule has 0 atom stereocenters. The van der Waals surface area contributed by atoms with Crippen molar-refractivity contribution in [3.05, 3.63) is 70.8 Å². The second-order valence-electron chi connectivity index (χ2n) is 5.76. The number of carbonyl (C=O) groups excluding carboxylic acids is 1. The molecule has 0 aliphatic heterocycles. The molecule has 6 heteroatoms. The molecule has 0 aliphatic carbocycles. The summed E-state index contributed by atoms with van der Waals surface area (Å²) in [7, 11) is 3.03. The summed E-state index contributed by atoms with van der Waals surface area (Å²) in [5.74, 6) is 0.293. The van der Waals surface area contributed by atoms with Gasteiger partial charge in [0, 0.05) is 5.57 Å². The third-order valence-electron chi connectivity index (χ3n) is 4.04. The number of methoxy groups -OCH3 is 2. The largest absolute Gasteiger partial charge is 0.493 e. The predicted octanol–water partition coefficient (Wildman–Crippen LogP) is 4.13. The molecule has 0 bridgehead atoms. The minimum Gasteiger partial charge on any atom is -0.493 e. The van der Waals surface area contributed by atoms with E-state index < -0.39 is 5.97 Å². The molecule has 0 radical (unpaired) electrons. The Bertz CT molecular complexity index is 1020. The predicted molar refractivity (Wildman–Crippen MR) is 109 cm³/mol. The Labute approximate surface area is 169 Å². The summed E-state index contributed by atoms with van der Waals surface area (Å²) in [4.78, 5) is 12.3. The first-order chi connectivity index (χ1) is 14.1. The molecule has 0 saturated carbocycles. The Balaban J connectivity index is 2.59. The number of nitrogens with zero attached hydrogens (tertiary/aromatic N) is 2. The van der Waals surface area contributed by atoms with Crippen LogP contribution in [-0.4, -0.2) is 26.8 Å². The van der Waals surface area contributed by atoms with Crippen molar-refractivity contribution >= 4 is 17.6 Å². The van der Waals surface area contributed by atoms with Gasteiger partial charge in [-0.25, -0.2) is 4.79 Å². The average molecular weight is 388 g/mol. The molecule has 0 amide bonds.